The van der Waals surface area contributed by atoms with E-state index in [1.54, 1.807) is 24.3 Å². The minimum Gasteiger partial charge on any atom is -0.508 e. The van der Waals surface area contributed by atoms with E-state index in [2.05, 4.69) is 20.8 Å². The number of imide groups is 1. The van der Waals surface area contributed by atoms with Crippen molar-refractivity contribution in [1.82, 2.24) is 0 Å². The number of aliphatic hydroxyl groups excluding tert-OH is 1. The minimum atomic E-state index is -1.06. The molecule has 0 radical (unpaired) electrons. The predicted octanol–water partition coefficient (Wildman–Crippen LogP) is 2.96. The Morgan fingerprint density at radius 3 is 2.39 bits per heavy atom. The third-order valence-corrected chi connectivity index (χ3v) is 7.06. The average Bonchev–Trinajstić information content (AvgIpc) is 3.48. The molecule has 2 bridgehead atoms. The summed E-state index contributed by atoms with van der Waals surface area (Å²) >= 11 is 0. The van der Waals surface area contributed by atoms with Crippen molar-refractivity contribution in [2.75, 3.05) is 24.7 Å². The SMILES string of the molecule is CC(C)(C)c1ccc(OCC(O)COCC23C=CC(O2)C2C(=O)N(c4ccc(O)cc4)C(=O)C23)cc1. The molecule has 0 aliphatic carbocycles. The highest BCUT2D eigenvalue weighted by Gasteiger charge is 2.67. The van der Waals surface area contributed by atoms with Gasteiger partial charge in [0.05, 0.1) is 36.8 Å². The molecule has 5 rings (SSSR count). The largest absolute Gasteiger partial charge is 0.508 e. The van der Waals surface area contributed by atoms with E-state index in [1.807, 2.05) is 24.3 Å². The summed E-state index contributed by atoms with van der Waals surface area (Å²) in [6, 6.07) is 13.7. The second-order valence-electron chi connectivity index (χ2n) is 10.7. The van der Waals surface area contributed by atoms with Crippen LogP contribution in [0.1, 0.15) is 26.3 Å². The van der Waals surface area contributed by atoms with Crippen molar-refractivity contribution in [2.45, 2.75) is 44.0 Å². The number of benzene rings is 2. The molecule has 2 fully saturated rings. The van der Waals surface area contributed by atoms with Crippen LogP contribution >= 0.6 is 0 Å². The molecule has 5 unspecified atom stereocenters. The van der Waals surface area contributed by atoms with E-state index < -0.39 is 29.6 Å². The zero-order valence-corrected chi connectivity index (χ0v) is 20.6. The van der Waals surface area contributed by atoms with Crippen LogP contribution in [0.4, 0.5) is 5.69 Å². The second-order valence-corrected chi connectivity index (χ2v) is 10.7. The lowest BCUT2D eigenvalue weighted by Gasteiger charge is -2.29. The van der Waals surface area contributed by atoms with Gasteiger partial charge in [0.2, 0.25) is 11.8 Å². The molecule has 190 valence electrons. The van der Waals surface area contributed by atoms with Gasteiger partial charge in [-0.1, -0.05) is 45.1 Å². The van der Waals surface area contributed by atoms with Crippen LogP contribution < -0.4 is 9.64 Å². The van der Waals surface area contributed by atoms with E-state index in [9.17, 15) is 19.8 Å². The molecule has 3 heterocycles. The van der Waals surface area contributed by atoms with Gasteiger partial charge in [0.15, 0.2) is 0 Å². The lowest BCUT2D eigenvalue weighted by atomic mass is 9.77. The summed E-state index contributed by atoms with van der Waals surface area (Å²) in [5.41, 5.74) is 0.597. The quantitative estimate of drug-likeness (QED) is 0.430. The maximum absolute atomic E-state index is 13.3. The molecular weight excluding hydrogens is 462 g/mol. The van der Waals surface area contributed by atoms with Gasteiger partial charge in [0, 0.05) is 0 Å². The third-order valence-electron chi connectivity index (χ3n) is 7.06. The van der Waals surface area contributed by atoms with Gasteiger partial charge in [-0.2, -0.15) is 0 Å². The molecule has 2 N–H and O–H groups in total. The smallest absolute Gasteiger partial charge is 0.241 e. The van der Waals surface area contributed by atoms with E-state index in [4.69, 9.17) is 14.2 Å². The van der Waals surface area contributed by atoms with E-state index in [0.29, 0.717) is 11.4 Å². The van der Waals surface area contributed by atoms with Crippen molar-refractivity contribution >= 4 is 17.5 Å². The molecule has 0 aromatic heterocycles. The molecule has 2 amide bonds. The number of carbonyl (C=O) groups is 2. The standard InChI is InChI=1S/C28H31NO7/c1-27(2,3)17-4-10-21(11-5-17)35-15-20(31)14-34-16-28-13-12-22(36-28)23-24(28)26(33)29(25(23)32)18-6-8-19(30)9-7-18/h4-13,20,22-24,30-31H,14-16H2,1-3H3. The van der Waals surface area contributed by atoms with E-state index in [0.717, 1.165) is 0 Å². The fraction of sp³-hybridized carbons (Fsp3) is 0.429. The Morgan fingerprint density at radius 2 is 1.72 bits per heavy atom. The molecule has 3 aliphatic heterocycles. The zero-order valence-electron chi connectivity index (χ0n) is 20.6. The Balaban J connectivity index is 1.18. The molecule has 2 aromatic carbocycles. The molecule has 3 aliphatic rings. The van der Waals surface area contributed by atoms with Gasteiger partial charge < -0.3 is 24.4 Å². The Kier molecular flexibility index (Phi) is 6.14. The summed E-state index contributed by atoms with van der Waals surface area (Å²) < 4.78 is 17.5. The first-order valence-electron chi connectivity index (χ1n) is 12.1. The van der Waals surface area contributed by atoms with Crippen LogP contribution in [0, 0.1) is 11.8 Å². The summed E-state index contributed by atoms with van der Waals surface area (Å²) in [5.74, 6) is -1.29. The molecule has 5 atom stereocenters. The van der Waals surface area contributed by atoms with Crippen LogP contribution in [0.15, 0.2) is 60.7 Å². The first kappa shape index (κ1) is 24.5. The van der Waals surface area contributed by atoms with Gasteiger partial charge in [-0.15, -0.1) is 0 Å². The minimum absolute atomic E-state index is 0.00904. The highest BCUT2D eigenvalue weighted by molar-refractivity contribution is 6.23. The summed E-state index contributed by atoms with van der Waals surface area (Å²) in [6.07, 6.45) is 2.22. The maximum atomic E-state index is 13.3. The van der Waals surface area contributed by atoms with Crippen molar-refractivity contribution < 1.29 is 34.0 Å². The molecule has 36 heavy (non-hydrogen) atoms. The average molecular weight is 494 g/mol. The summed E-state index contributed by atoms with van der Waals surface area (Å²) in [6.45, 7) is 6.50. The number of ether oxygens (including phenoxy) is 3. The number of amides is 2. The fourth-order valence-electron chi connectivity index (χ4n) is 5.17. The number of rotatable bonds is 8. The Morgan fingerprint density at radius 1 is 1.03 bits per heavy atom. The van der Waals surface area contributed by atoms with Gasteiger partial charge in [-0.25, -0.2) is 4.90 Å². The van der Waals surface area contributed by atoms with Gasteiger partial charge in [0.25, 0.3) is 0 Å². The number of fused-ring (bicyclic) bond motifs is 5. The summed E-state index contributed by atoms with van der Waals surface area (Å²) in [5, 5.41) is 19.9. The van der Waals surface area contributed by atoms with Crippen molar-refractivity contribution in [2.24, 2.45) is 11.8 Å². The molecule has 0 spiro atoms. The highest BCUT2D eigenvalue weighted by Crippen LogP contribution is 2.52. The van der Waals surface area contributed by atoms with E-state index in [1.165, 1.54) is 22.6 Å². The molecule has 8 heteroatoms. The number of phenolic OH excluding ortho intramolecular Hbond substituents is 1. The van der Waals surface area contributed by atoms with Gasteiger partial charge in [-0.05, 0) is 47.4 Å². The molecular formula is C28H31NO7. The van der Waals surface area contributed by atoms with Crippen molar-refractivity contribution in [3.05, 3.63) is 66.2 Å². The lowest BCUT2D eigenvalue weighted by Crippen LogP contribution is -2.44. The summed E-state index contributed by atoms with van der Waals surface area (Å²) in [4.78, 5) is 27.6. The first-order valence-corrected chi connectivity index (χ1v) is 12.1. The topological polar surface area (TPSA) is 106 Å². The zero-order chi connectivity index (χ0) is 25.7. The number of hydrogen-bond acceptors (Lipinski definition) is 7. The van der Waals surface area contributed by atoms with Crippen LogP contribution in [0.5, 0.6) is 11.5 Å². The van der Waals surface area contributed by atoms with Gasteiger partial charge in [0.1, 0.15) is 29.8 Å². The number of aromatic hydroxyl groups is 1. The van der Waals surface area contributed by atoms with E-state index >= 15 is 0 Å². The van der Waals surface area contributed by atoms with Crippen LogP contribution in [0.25, 0.3) is 0 Å². The first-order chi connectivity index (χ1) is 17.1. The molecule has 2 aromatic rings. The van der Waals surface area contributed by atoms with Gasteiger partial charge in [-0.3, -0.25) is 9.59 Å². The normalized spacial score (nSPS) is 27.6. The number of phenols is 1. The van der Waals surface area contributed by atoms with Crippen LogP contribution in [0.3, 0.4) is 0 Å². The number of anilines is 1. The van der Waals surface area contributed by atoms with Crippen molar-refractivity contribution in [1.29, 1.82) is 0 Å². The summed E-state index contributed by atoms with van der Waals surface area (Å²) in [7, 11) is 0. The third kappa shape index (κ3) is 4.30. The van der Waals surface area contributed by atoms with E-state index in [-0.39, 0.29) is 42.8 Å². The van der Waals surface area contributed by atoms with Crippen LogP contribution in [-0.2, 0) is 24.5 Å². The number of aliphatic hydroxyl groups is 1. The molecule has 0 saturated carbocycles. The lowest BCUT2D eigenvalue weighted by molar-refractivity contribution is -0.130. The molecule has 2 saturated heterocycles. The molecule has 8 nitrogen and oxygen atoms in total. The van der Waals surface area contributed by atoms with Gasteiger partial charge >= 0.3 is 0 Å². The van der Waals surface area contributed by atoms with Crippen LogP contribution in [-0.4, -0.2) is 59.7 Å². The Hall–Kier alpha value is -3.20. The number of hydrogen-bond donors (Lipinski definition) is 2. The van der Waals surface area contributed by atoms with Crippen molar-refractivity contribution in [3.8, 4) is 11.5 Å². The predicted molar refractivity (Wildman–Crippen MR) is 132 cm³/mol. The fourth-order valence-corrected chi connectivity index (χ4v) is 5.17. The van der Waals surface area contributed by atoms with Crippen LogP contribution in [0.2, 0.25) is 0 Å². The van der Waals surface area contributed by atoms with Crippen molar-refractivity contribution in [3.63, 3.8) is 0 Å². The monoisotopic (exact) mass is 493 g/mol. The number of nitrogens with zero attached hydrogens (tertiary/aromatic N) is 1. The maximum Gasteiger partial charge on any atom is 0.241 e. The number of carbonyl (C=O) groups excluding carboxylic acids is 2. The highest BCUT2D eigenvalue weighted by atomic mass is 16.6. The Bertz CT molecular complexity index is 1170. The Labute approximate surface area is 210 Å². The second kappa shape index (κ2) is 9.03.